The average Bonchev–Trinajstić information content (AvgIpc) is 2.85. The zero-order valence-electron chi connectivity index (χ0n) is 10.4. The summed E-state index contributed by atoms with van der Waals surface area (Å²) in [5, 5.41) is 0. The summed E-state index contributed by atoms with van der Waals surface area (Å²) < 4.78 is 18.5. The van der Waals surface area contributed by atoms with Crippen LogP contribution in [0.5, 0.6) is 0 Å². The molecule has 0 aromatic carbocycles. The fraction of sp³-hybridized carbons (Fsp3) is 0.500. The number of hydrogen-bond acceptors (Lipinski definition) is 8. The van der Waals surface area contributed by atoms with Crippen molar-refractivity contribution in [3.8, 4) is 0 Å². The molecule has 0 amide bonds. The van der Waals surface area contributed by atoms with Gasteiger partial charge in [-0.1, -0.05) is 0 Å². The SMILES string of the molecule is Nc1ncnc2c1ncn2CC12CO[P+]([S-])(OC1)OC2. The summed E-state index contributed by atoms with van der Waals surface area (Å²) in [6, 6.07) is 0. The molecule has 2 bridgehead atoms. The lowest BCUT2D eigenvalue weighted by Crippen LogP contribution is -2.48. The van der Waals surface area contributed by atoms with Crippen LogP contribution < -0.4 is 5.73 Å². The van der Waals surface area contributed by atoms with Gasteiger partial charge < -0.3 is 22.5 Å². The van der Waals surface area contributed by atoms with Crippen molar-refractivity contribution in [2.24, 2.45) is 5.41 Å². The molecule has 3 fully saturated rings. The molecule has 0 aliphatic carbocycles. The molecule has 5 heterocycles. The predicted molar refractivity (Wildman–Crippen MR) is 74.3 cm³/mol. The van der Waals surface area contributed by atoms with Gasteiger partial charge in [0.25, 0.3) is 7.15 Å². The standard InChI is InChI=1S/C10H12N5O3PS/c11-8-7-9(13-5-12-8)15(6-14-7)1-10-2-16-19(20,17-3-10)18-4-10/h5-6H,1-4H2,(H2,11,12,13). The maximum atomic E-state index is 5.78. The third kappa shape index (κ3) is 1.89. The maximum absolute atomic E-state index is 5.78. The summed E-state index contributed by atoms with van der Waals surface area (Å²) in [5.41, 5.74) is 6.82. The first-order valence-electron chi connectivity index (χ1n) is 6.04. The van der Waals surface area contributed by atoms with Crippen molar-refractivity contribution in [3.63, 3.8) is 0 Å². The molecule has 2 aromatic heterocycles. The Morgan fingerprint density at radius 3 is 2.65 bits per heavy atom. The second kappa shape index (κ2) is 4.25. The van der Waals surface area contributed by atoms with Crippen LogP contribution in [0.3, 0.4) is 0 Å². The minimum Gasteiger partial charge on any atom is -0.459 e. The minimum absolute atomic E-state index is 0.256. The van der Waals surface area contributed by atoms with Crippen molar-refractivity contribution in [2.75, 3.05) is 25.6 Å². The highest BCUT2D eigenvalue weighted by atomic mass is 32.7. The van der Waals surface area contributed by atoms with Crippen molar-refractivity contribution >= 4 is 36.4 Å². The van der Waals surface area contributed by atoms with E-state index in [9.17, 15) is 0 Å². The molecule has 5 rings (SSSR count). The molecule has 106 valence electrons. The van der Waals surface area contributed by atoms with E-state index >= 15 is 0 Å². The van der Waals surface area contributed by atoms with E-state index in [-0.39, 0.29) is 5.41 Å². The van der Waals surface area contributed by atoms with Crippen LogP contribution in [0.15, 0.2) is 12.7 Å². The van der Waals surface area contributed by atoms with Crippen molar-refractivity contribution < 1.29 is 13.6 Å². The third-order valence-electron chi connectivity index (χ3n) is 3.52. The molecule has 0 unspecified atom stereocenters. The number of rotatable bonds is 2. The van der Waals surface area contributed by atoms with Crippen LogP contribution >= 0.6 is 7.15 Å². The fourth-order valence-corrected chi connectivity index (χ4v) is 4.39. The first kappa shape index (κ1) is 12.7. The van der Waals surface area contributed by atoms with Gasteiger partial charge in [0.05, 0.1) is 11.7 Å². The monoisotopic (exact) mass is 313 g/mol. The van der Waals surface area contributed by atoms with E-state index < -0.39 is 7.15 Å². The first-order chi connectivity index (χ1) is 9.59. The molecule has 20 heavy (non-hydrogen) atoms. The summed E-state index contributed by atoms with van der Waals surface area (Å²) in [5.74, 6) is 0.373. The van der Waals surface area contributed by atoms with E-state index in [0.29, 0.717) is 43.3 Å². The number of imidazole rings is 1. The normalized spacial score (nSPS) is 32.9. The molecule has 0 saturated carbocycles. The molecule has 2 aromatic rings. The quantitative estimate of drug-likeness (QED) is 0.639. The van der Waals surface area contributed by atoms with Crippen molar-refractivity contribution in [3.05, 3.63) is 12.7 Å². The summed E-state index contributed by atoms with van der Waals surface area (Å²) in [6.45, 7) is 2.22. The highest BCUT2D eigenvalue weighted by Gasteiger charge is 2.53. The van der Waals surface area contributed by atoms with Crippen LogP contribution in [-0.4, -0.2) is 39.3 Å². The lowest BCUT2D eigenvalue weighted by molar-refractivity contribution is -0.0845. The van der Waals surface area contributed by atoms with Gasteiger partial charge >= 0.3 is 0 Å². The number of nitrogen functional groups attached to an aromatic ring is 1. The summed E-state index contributed by atoms with van der Waals surface area (Å²) in [7, 11) is -2.45. The highest BCUT2D eigenvalue weighted by molar-refractivity contribution is 8.36. The third-order valence-corrected chi connectivity index (χ3v) is 5.81. The van der Waals surface area contributed by atoms with Gasteiger partial charge in [-0.25, -0.2) is 15.0 Å². The number of nitrogens with zero attached hydrogens (tertiary/aromatic N) is 4. The van der Waals surface area contributed by atoms with Gasteiger partial charge in [-0.05, 0) is 0 Å². The zero-order valence-corrected chi connectivity index (χ0v) is 12.1. The summed E-state index contributed by atoms with van der Waals surface area (Å²) in [6.07, 6.45) is 3.13. The molecule has 0 atom stereocenters. The Morgan fingerprint density at radius 1 is 1.25 bits per heavy atom. The number of hydrogen-bond donors (Lipinski definition) is 1. The smallest absolute Gasteiger partial charge is 0.290 e. The predicted octanol–water partition coefficient (Wildman–Crippen LogP) is 0.696. The molecular formula is C10H12N5O3PS. The topological polar surface area (TPSA) is 97.3 Å². The molecule has 8 nitrogen and oxygen atoms in total. The Kier molecular flexibility index (Phi) is 2.71. The van der Waals surface area contributed by atoms with Gasteiger partial charge in [-0.3, -0.25) is 0 Å². The Morgan fingerprint density at radius 2 is 1.95 bits per heavy atom. The van der Waals surface area contributed by atoms with E-state index in [1.807, 2.05) is 4.57 Å². The lowest BCUT2D eigenvalue weighted by atomic mass is 9.91. The van der Waals surface area contributed by atoms with Gasteiger partial charge in [-0.15, -0.1) is 0 Å². The van der Waals surface area contributed by atoms with Crippen molar-refractivity contribution in [1.29, 1.82) is 0 Å². The number of fused-ring (bicyclic) bond motifs is 4. The number of nitrogens with two attached hydrogens (primary N) is 1. The minimum atomic E-state index is -2.45. The van der Waals surface area contributed by atoms with Crippen LogP contribution in [-0.2, 0) is 32.4 Å². The second-order valence-corrected chi connectivity index (χ2v) is 8.08. The van der Waals surface area contributed by atoms with Gasteiger partial charge in [0.2, 0.25) is 0 Å². The van der Waals surface area contributed by atoms with E-state index in [4.69, 9.17) is 31.6 Å². The molecule has 0 radical (unpaired) electrons. The van der Waals surface area contributed by atoms with Gasteiger partial charge in [0.1, 0.15) is 31.7 Å². The molecule has 10 heteroatoms. The molecule has 3 saturated heterocycles. The Labute approximate surface area is 120 Å². The van der Waals surface area contributed by atoms with E-state index in [0.717, 1.165) is 0 Å². The molecular weight excluding hydrogens is 301 g/mol. The second-order valence-electron chi connectivity index (χ2n) is 5.07. The van der Waals surface area contributed by atoms with Crippen LogP contribution in [0.4, 0.5) is 5.82 Å². The average molecular weight is 313 g/mol. The highest BCUT2D eigenvalue weighted by Crippen LogP contribution is 2.68. The van der Waals surface area contributed by atoms with E-state index in [1.165, 1.54) is 6.33 Å². The first-order valence-corrected chi connectivity index (χ1v) is 8.60. The molecule has 0 spiro atoms. The zero-order chi connectivity index (χ0) is 13.8. The van der Waals surface area contributed by atoms with Crippen molar-refractivity contribution in [2.45, 2.75) is 6.54 Å². The summed E-state index contributed by atoms with van der Waals surface area (Å²) in [4.78, 5) is 12.4. The molecule has 2 N–H and O–H groups in total. The Bertz CT molecular complexity index is 655. The molecule has 3 aliphatic heterocycles. The maximum Gasteiger partial charge on any atom is 0.290 e. The largest absolute Gasteiger partial charge is 0.459 e. The Balaban J connectivity index is 1.67. The lowest BCUT2D eigenvalue weighted by Gasteiger charge is -2.46. The summed E-state index contributed by atoms with van der Waals surface area (Å²) >= 11 is 5.17. The van der Waals surface area contributed by atoms with Gasteiger partial charge in [0.15, 0.2) is 11.5 Å². The number of anilines is 1. The number of aromatic nitrogens is 4. The van der Waals surface area contributed by atoms with Crippen LogP contribution in [0.25, 0.3) is 11.2 Å². The van der Waals surface area contributed by atoms with E-state index in [1.54, 1.807) is 6.33 Å². The van der Waals surface area contributed by atoms with Crippen LogP contribution in [0.1, 0.15) is 0 Å². The van der Waals surface area contributed by atoms with Crippen molar-refractivity contribution in [1.82, 2.24) is 19.5 Å². The van der Waals surface area contributed by atoms with Gasteiger partial charge in [-0.2, -0.15) is 13.6 Å². The molecule has 3 aliphatic rings. The van der Waals surface area contributed by atoms with Crippen LogP contribution in [0, 0.1) is 5.41 Å². The van der Waals surface area contributed by atoms with Crippen LogP contribution in [0.2, 0.25) is 0 Å². The van der Waals surface area contributed by atoms with Gasteiger partial charge in [0, 0.05) is 6.54 Å². The Hall–Kier alpha value is -0.990. The fourth-order valence-electron chi connectivity index (χ4n) is 2.40. The van der Waals surface area contributed by atoms with E-state index in [2.05, 4.69) is 15.0 Å².